The van der Waals surface area contributed by atoms with E-state index in [4.69, 9.17) is 16.3 Å². The van der Waals surface area contributed by atoms with Gasteiger partial charge in [-0.25, -0.2) is 9.18 Å². The Morgan fingerprint density at radius 1 is 1.50 bits per heavy atom. The van der Waals surface area contributed by atoms with Gasteiger partial charge in [0.1, 0.15) is 5.82 Å². The lowest BCUT2D eigenvalue weighted by atomic mass is 10.0. The third-order valence-electron chi connectivity index (χ3n) is 3.05. The molecule has 0 saturated heterocycles. The molecule has 1 aromatic carbocycles. The summed E-state index contributed by atoms with van der Waals surface area (Å²) in [6.07, 6.45) is 1.04. The SMILES string of the molecule is CCOC(=O)N1CCCc2c(Cl)ccc(F)c2C1. The molecule has 0 atom stereocenters. The lowest BCUT2D eigenvalue weighted by molar-refractivity contribution is 0.105. The third-order valence-corrected chi connectivity index (χ3v) is 3.40. The number of carbonyl (C=O) groups is 1. The summed E-state index contributed by atoms with van der Waals surface area (Å²) in [6.45, 7) is 2.85. The van der Waals surface area contributed by atoms with Crippen molar-refractivity contribution in [2.45, 2.75) is 26.3 Å². The molecule has 0 radical (unpaired) electrons. The van der Waals surface area contributed by atoms with Gasteiger partial charge >= 0.3 is 6.09 Å². The van der Waals surface area contributed by atoms with Crippen LogP contribution in [-0.2, 0) is 17.7 Å². The Bertz CT molecular complexity index is 465. The number of fused-ring (bicyclic) bond motifs is 1. The van der Waals surface area contributed by atoms with Gasteiger partial charge in [-0.1, -0.05) is 11.6 Å². The molecule has 2 rings (SSSR count). The summed E-state index contributed by atoms with van der Waals surface area (Å²) in [4.78, 5) is 13.2. The first-order valence-electron chi connectivity index (χ1n) is 6.01. The number of halogens is 2. The molecule has 0 aliphatic carbocycles. The fourth-order valence-electron chi connectivity index (χ4n) is 2.16. The Morgan fingerprint density at radius 2 is 2.28 bits per heavy atom. The fraction of sp³-hybridized carbons (Fsp3) is 0.462. The van der Waals surface area contributed by atoms with Gasteiger partial charge in [-0.05, 0) is 37.5 Å². The number of hydrogen-bond donors (Lipinski definition) is 0. The third kappa shape index (κ3) is 2.58. The van der Waals surface area contributed by atoms with Crippen molar-refractivity contribution in [1.29, 1.82) is 0 Å². The van der Waals surface area contributed by atoms with Gasteiger partial charge in [0.15, 0.2) is 0 Å². The number of ether oxygens (including phenoxy) is 1. The average molecular weight is 272 g/mol. The molecule has 1 aliphatic heterocycles. The highest BCUT2D eigenvalue weighted by atomic mass is 35.5. The van der Waals surface area contributed by atoms with Crippen LogP contribution in [0.5, 0.6) is 0 Å². The van der Waals surface area contributed by atoms with Crippen LogP contribution in [0.1, 0.15) is 24.5 Å². The number of carbonyl (C=O) groups excluding carboxylic acids is 1. The molecular weight excluding hydrogens is 257 g/mol. The maximum Gasteiger partial charge on any atom is 0.410 e. The molecule has 0 aromatic heterocycles. The average Bonchev–Trinajstić information content (AvgIpc) is 2.58. The van der Waals surface area contributed by atoms with Crippen molar-refractivity contribution < 1.29 is 13.9 Å². The Kier molecular flexibility index (Phi) is 4.07. The van der Waals surface area contributed by atoms with E-state index in [-0.39, 0.29) is 12.4 Å². The second-order valence-electron chi connectivity index (χ2n) is 4.21. The maximum atomic E-state index is 13.8. The van der Waals surface area contributed by atoms with Crippen molar-refractivity contribution in [3.8, 4) is 0 Å². The van der Waals surface area contributed by atoms with Crippen LogP contribution in [0.2, 0.25) is 5.02 Å². The molecule has 0 unspecified atom stereocenters. The van der Waals surface area contributed by atoms with Crippen molar-refractivity contribution in [1.82, 2.24) is 4.90 Å². The number of benzene rings is 1. The van der Waals surface area contributed by atoms with Crippen LogP contribution in [0.4, 0.5) is 9.18 Å². The summed E-state index contributed by atoms with van der Waals surface area (Å²) >= 11 is 6.07. The van der Waals surface area contributed by atoms with Crippen LogP contribution in [0.15, 0.2) is 12.1 Å². The van der Waals surface area contributed by atoms with Crippen LogP contribution in [-0.4, -0.2) is 24.1 Å². The zero-order chi connectivity index (χ0) is 13.1. The zero-order valence-electron chi connectivity index (χ0n) is 10.2. The second-order valence-corrected chi connectivity index (χ2v) is 4.62. The van der Waals surface area contributed by atoms with E-state index in [0.29, 0.717) is 30.2 Å². The highest BCUT2D eigenvalue weighted by Crippen LogP contribution is 2.28. The fourth-order valence-corrected chi connectivity index (χ4v) is 2.44. The van der Waals surface area contributed by atoms with Gasteiger partial charge in [0.2, 0.25) is 0 Å². The van der Waals surface area contributed by atoms with Gasteiger partial charge in [0.05, 0.1) is 13.2 Å². The first-order chi connectivity index (χ1) is 8.63. The molecule has 0 saturated carbocycles. The van der Waals surface area contributed by atoms with Crippen LogP contribution < -0.4 is 0 Å². The largest absolute Gasteiger partial charge is 0.450 e. The maximum absolute atomic E-state index is 13.8. The molecule has 18 heavy (non-hydrogen) atoms. The van der Waals surface area contributed by atoms with E-state index in [9.17, 15) is 9.18 Å². The first kappa shape index (κ1) is 13.1. The topological polar surface area (TPSA) is 29.5 Å². The summed E-state index contributed by atoms with van der Waals surface area (Å²) in [5.74, 6) is -0.314. The van der Waals surface area contributed by atoms with Crippen molar-refractivity contribution >= 4 is 17.7 Å². The molecule has 0 spiro atoms. The van der Waals surface area contributed by atoms with E-state index in [1.165, 1.54) is 11.0 Å². The highest BCUT2D eigenvalue weighted by Gasteiger charge is 2.23. The quantitative estimate of drug-likeness (QED) is 0.784. The second kappa shape index (κ2) is 5.57. The molecule has 0 bridgehead atoms. The minimum absolute atomic E-state index is 0.223. The standard InChI is InChI=1S/C13H15ClFNO2/c1-2-18-13(17)16-7-3-4-9-10(8-16)12(15)6-5-11(9)14/h5-6H,2-4,7-8H2,1H3. The summed E-state index contributed by atoms with van der Waals surface area (Å²) in [7, 11) is 0. The van der Waals surface area contributed by atoms with Crippen molar-refractivity contribution in [2.75, 3.05) is 13.2 Å². The molecule has 0 N–H and O–H groups in total. The normalized spacial score (nSPS) is 14.9. The van der Waals surface area contributed by atoms with Crippen LogP contribution in [0, 0.1) is 5.82 Å². The number of rotatable bonds is 1. The minimum Gasteiger partial charge on any atom is -0.450 e. The Balaban J connectivity index is 2.29. The van der Waals surface area contributed by atoms with E-state index < -0.39 is 6.09 Å². The number of amides is 1. The summed E-state index contributed by atoms with van der Waals surface area (Å²) in [5, 5.41) is 0.567. The molecule has 1 aromatic rings. The van der Waals surface area contributed by atoms with Crippen LogP contribution in [0.25, 0.3) is 0 Å². The highest BCUT2D eigenvalue weighted by molar-refractivity contribution is 6.31. The van der Waals surface area contributed by atoms with Crippen molar-refractivity contribution in [3.63, 3.8) is 0 Å². The summed E-state index contributed by atoms with van der Waals surface area (Å²) < 4.78 is 18.8. The lowest BCUT2D eigenvalue weighted by Gasteiger charge is -2.20. The van der Waals surface area contributed by atoms with Gasteiger partial charge in [0.25, 0.3) is 0 Å². The van der Waals surface area contributed by atoms with Crippen LogP contribution in [0.3, 0.4) is 0 Å². The monoisotopic (exact) mass is 271 g/mol. The molecule has 1 heterocycles. The first-order valence-corrected chi connectivity index (χ1v) is 6.38. The Labute approximate surface area is 110 Å². The van der Waals surface area contributed by atoms with Gasteiger partial charge in [-0.15, -0.1) is 0 Å². The lowest BCUT2D eigenvalue weighted by Crippen LogP contribution is -2.31. The van der Waals surface area contributed by atoms with Crippen LogP contribution >= 0.6 is 11.6 Å². The number of hydrogen-bond acceptors (Lipinski definition) is 2. The summed E-state index contributed by atoms with van der Waals surface area (Å²) in [5.41, 5.74) is 1.32. The molecule has 3 nitrogen and oxygen atoms in total. The zero-order valence-corrected chi connectivity index (χ0v) is 11.0. The minimum atomic E-state index is -0.398. The molecule has 1 amide bonds. The summed E-state index contributed by atoms with van der Waals surface area (Å²) in [6, 6.07) is 2.91. The molecular formula is C13H15ClFNO2. The molecule has 98 valence electrons. The van der Waals surface area contributed by atoms with Crippen molar-refractivity contribution in [2.24, 2.45) is 0 Å². The van der Waals surface area contributed by atoms with E-state index in [1.54, 1.807) is 13.0 Å². The predicted octanol–water partition coefficient (Wildman–Crippen LogP) is 3.38. The van der Waals surface area contributed by atoms with E-state index in [2.05, 4.69) is 0 Å². The van der Waals surface area contributed by atoms with Gasteiger partial charge < -0.3 is 9.64 Å². The Morgan fingerprint density at radius 3 is 3.00 bits per heavy atom. The Hall–Kier alpha value is -1.29. The molecule has 5 heteroatoms. The van der Waals surface area contributed by atoms with Gasteiger partial charge in [-0.2, -0.15) is 0 Å². The van der Waals surface area contributed by atoms with Crippen molar-refractivity contribution in [3.05, 3.63) is 34.1 Å². The molecule has 1 aliphatic rings. The van der Waals surface area contributed by atoms with Gasteiger partial charge in [0, 0.05) is 17.1 Å². The van der Waals surface area contributed by atoms with E-state index in [1.807, 2.05) is 0 Å². The number of nitrogens with zero attached hydrogens (tertiary/aromatic N) is 1. The van der Waals surface area contributed by atoms with Gasteiger partial charge in [-0.3, -0.25) is 0 Å². The smallest absolute Gasteiger partial charge is 0.410 e. The van der Waals surface area contributed by atoms with E-state index >= 15 is 0 Å². The predicted molar refractivity (Wildman–Crippen MR) is 67.2 cm³/mol. The van der Waals surface area contributed by atoms with E-state index in [0.717, 1.165) is 12.0 Å². The molecule has 0 fully saturated rings.